The van der Waals surface area contributed by atoms with Gasteiger partial charge >= 0.3 is 0 Å². The first-order chi connectivity index (χ1) is 12.1. The summed E-state index contributed by atoms with van der Waals surface area (Å²) in [7, 11) is 2.02. The van der Waals surface area contributed by atoms with Gasteiger partial charge in [-0.25, -0.2) is 4.98 Å². The maximum Gasteiger partial charge on any atom is 0.223 e. The van der Waals surface area contributed by atoms with Crippen molar-refractivity contribution in [2.75, 3.05) is 6.54 Å². The van der Waals surface area contributed by atoms with Gasteiger partial charge in [-0.1, -0.05) is 0 Å². The highest BCUT2D eigenvalue weighted by atomic mass is 16.2. The Kier molecular flexibility index (Phi) is 4.33. The van der Waals surface area contributed by atoms with Gasteiger partial charge in [0.25, 0.3) is 0 Å². The Morgan fingerprint density at radius 3 is 2.88 bits per heavy atom. The maximum absolute atomic E-state index is 12.6. The molecule has 1 aliphatic carbocycles. The lowest BCUT2D eigenvalue weighted by Crippen LogP contribution is -2.47. The average molecular weight is 342 g/mol. The number of amides is 1. The van der Waals surface area contributed by atoms with Gasteiger partial charge in [0.15, 0.2) is 0 Å². The van der Waals surface area contributed by atoms with E-state index in [1.165, 1.54) is 0 Å². The molecule has 1 saturated heterocycles. The summed E-state index contributed by atoms with van der Waals surface area (Å²) < 4.78 is 2.06. The molecule has 2 aromatic heterocycles. The topological polar surface area (TPSA) is 78.8 Å². The van der Waals surface area contributed by atoms with E-state index in [0.29, 0.717) is 18.4 Å². The predicted octanol–water partition coefficient (Wildman–Crippen LogP) is 1.94. The molecule has 2 aromatic rings. The van der Waals surface area contributed by atoms with Crippen molar-refractivity contribution >= 4 is 5.91 Å². The zero-order valence-corrected chi connectivity index (χ0v) is 14.9. The SMILES string of the molecule is CC(NC[C@H]1CCC(=O)N(C2CC2)[C@@H]1c1nccn1C)c1cn[nH]c1. The van der Waals surface area contributed by atoms with Crippen LogP contribution in [0.2, 0.25) is 0 Å². The number of rotatable bonds is 6. The second kappa shape index (κ2) is 6.63. The van der Waals surface area contributed by atoms with Crippen LogP contribution in [0.1, 0.15) is 56.1 Å². The number of carbonyl (C=O) groups excluding carboxylic acids is 1. The van der Waals surface area contributed by atoms with Crippen molar-refractivity contribution < 1.29 is 4.79 Å². The fourth-order valence-electron chi connectivity index (χ4n) is 3.92. The van der Waals surface area contributed by atoms with Crippen molar-refractivity contribution in [3.05, 3.63) is 36.2 Å². The Balaban J connectivity index is 1.54. The standard InChI is InChI=1S/C18H26N6O/c1-12(14-10-21-22-11-14)20-9-13-3-6-16(25)24(15-4-5-15)17(13)18-19-7-8-23(18)2/h7-8,10-13,15,17,20H,3-6,9H2,1-2H3,(H,21,22)/t12?,13-,17+/m1/s1. The summed E-state index contributed by atoms with van der Waals surface area (Å²) in [4.78, 5) is 19.3. The lowest BCUT2D eigenvalue weighted by molar-refractivity contribution is -0.140. The van der Waals surface area contributed by atoms with Gasteiger partial charge < -0.3 is 14.8 Å². The molecule has 2 aliphatic rings. The molecule has 25 heavy (non-hydrogen) atoms. The number of nitrogens with zero attached hydrogens (tertiary/aromatic N) is 4. The zero-order valence-electron chi connectivity index (χ0n) is 14.9. The van der Waals surface area contributed by atoms with Gasteiger partial charge in [0.1, 0.15) is 5.82 Å². The minimum Gasteiger partial charge on any atom is -0.336 e. The van der Waals surface area contributed by atoms with Gasteiger partial charge in [0.05, 0.1) is 12.2 Å². The largest absolute Gasteiger partial charge is 0.336 e. The molecule has 1 aliphatic heterocycles. The highest BCUT2D eigenvalue weighted by molar-refractivity contribution is 5.78. The molecule has 0 aromatic carbocycles. The first kappa shape index (κ1) is 16.3. The first-order valence-electron chi connectivity index (χ1n) is 9.15. The van der Waals surface area contributed by atoms with E-state index in [1.807, 2.05) is 31.8 Å². The van der Waals surface area contributed by atoms with Crippen molar-refractivity contribution in [2.45, 2.75) is 50.7 Å². The summed E-state index contributed by atoms with van der Waals surface area (Å²) in [5, 5.41) is 10.5. The Morgan fingerprint density at radius 1 is 1.40 bits per heavy atom. The molecule has 0 radical (unpaired) electrons. The number of nitrogens with one attached hydrogen (secondary N) is 2. The van der Waals surface area contributed by atoms with E-state index in [0.717, 1.165) is 37.2 Å². The van der Waals surface area contributed by atoms with Crippen LogP contribution >= 0.6 is 0 Å². The maximum atomic E-state index is 12.6. The second-order valence-corrected chi connectivity index (χ2v) is 7.33. The van der Waals surface area contributed by atoms with Crippen LogP contribution in [0.4, 0.5) is 0 Å². The highest BCUT2D eigenvalue weighted by Crippen LogP contribution is 2.42. The molecule has 2 N–H and O–H groups in total. The van der Waals surface area contributed by atoms with Crippen LogP contribution in [-0.4, -0.2) is 43.1 Å². The summed E-state index contributed by atoms with van der Waals surface area (Å²) in [5.74, 6) is 1.66. The van der Waals surface area contributed by atoms with Gasteiger partial charge in [0.2, 0.25) is 5.91 Å². The molecule has 134 valence electrons. The molecule has 7 nitrogen and oxygen atoms in total. The Hall–Kier alpha value is -2.15. The van der Waals surface area contributed by atoms with Crippen LogP contribution in [0.5, 0.6) is 0 Å². The number of hydrogen-bond donors (Lipinski definition) is 2. The van der Waals surface area contributed by atoms with Crippen molar-refractivity contribution in [2.24, 2.45) is 13.0 Å². The number of H-pyrrole nitrogens is 1. The lowest BCUT2D eigenvalue weighted by atomic mass is 9.87. The van der Waals surface area contributed by atoms with E-state index in [9.17, 15) is 4.79 Å². The summed E-state index contributed by atoms with van der Waals surface area (Å²) in [5.41, 5.74) is 1.15. The van der Waals surface area contributed by atoms with Crippen LogP contribution in [-0.2, 0) is 11.8 Å². The normalized spacial score (nSPS) is 25.4. The molecule has 4 rings (SSSR count). The lowest BCUT2D eigenvalue weighted by Gasteiger charge is -2.41. The number of aromatic amines is 1. The number of carbonyl (C=O) groups is 1. The Bertz CT molecular complexity index is 720. The molecule has 0 spiro atoms. The molecule has 1 unspecified atom stereocenters. The second-order valence-electron chi connectivity index (χ2n) is 7.33. The molecule has 3 atom stereocenters. The Labute approximate surface area is 147 Å². The van der Waals surface area contributed by atoms with Crippen molar-refractivity contribution in [3.8, 4) is 0 Å². The van der Waals surface area contributed by atoms with Gasteiger partial charge in [-0.15, -0.1) is 0 Å². The third kappa shape index (κ3) is 3.20. The van der Waals surface area contributed by atoms with E-state index in [1.54, 1.807) is 0 Å². The van der Waals surface area contributed by atoms with Gasteiger partial charge in [-0.2, -0.15) is 5.10 Å². The van der Waals surface area contributed by atoms with Crippen molar-refractivity contribution in [1.29, 1.82) is 0 Å². The van der Waals surface area contributed by atoms with Crippen LogP contribution in [0.25, 0.3) is 0 Å². The molecular formula is C18H26N6O. The molecule has 1 saturated carbocycles. The Morgan fingerprint density at radius 2 is 2.24 bits per heavy atom. The van der Waals surface area contributed by atoms with E-state index in [4.69, 9.17) is 0 Å². The van der Waals surface area contributed by atoms with Gasteiger partial charge in [-0.3, -0.25) is 9.89 Å². The predicted molar refractivity (Wildman–Crippen MR) is 93.5 cm³/mol. The molecule has 0 bridgehead atoms. The quantitative estimate of drug-likeness (QED) is 0.841. The molecule has 7 heteroatoms. The molecule has 2 fully saturated rings. The summed E-state index contributed by atoms with van der Waals surface area (Å²) >= 11 is 0. The summed E-state index contributed by atoms with van der Waals surface area (Å²) in [6, 6.07) is 0.703. The fourth-order valence-corrected chi connectivity index (χ4v) is 3.92. The zero-order chi connectivity index (χ0) is 17.4. The molecule has 1 amide bonds. The van der Waals surface area contributed by atoms with Crippen molar-refractivity contribution in [3.63, 3.8) is 0 Å². The minimum absolute atomic E-state index is 0.0674. The van der Waals surface area contributed by atoms with Crippen molar-refractivity contribution in [1.82, 2.24) is 30.0 Å². The third-order valence-electron chi connectivity index (χ3n) is 5.53. The van der Waals surface area contributed by atoms with Gasteiger partial charge in [0, 0.05) is 56.3 Å². The third-order valence-corrected chi connectivity index (χ3v) is 5.53. The smallest absolute Gasteiger partial charge is 0.223 e. The number of likely N-dealkylation sites (tertiary alicyclic amines) is 1. The first-order valence-corrected chi connectivity index (χ1v) is 9.15. The van der Waals surface area contributed by atoms with E-state index in [-0.39, 0.29) is 18.0 Å². The minimum atomic E-state index is 0.0674. The van der Waals surface area contributed by atoms with Crippen LogP contribution < -0.4 is 5.32 Å². The van der Waals surface area contributed by atoms with E-state index in [2.05, 4.69) is 36.9 Å². The van der Waals surface area contributed by atoms with Crippen LogP contribution in [0.3, 0.4) is 0 Å². The molecular weight excluding hydrogens is 316 g/mol. The number of hydrogen-bond acceptors (Lipinski definition) is 4. The van der Waals surface area contributed by atoms with Gasteiger partial charge in [-0.05, 0) is 32.1 Å². The highest BCUT2D eigenvalue weighted by Gasteiger charge is 2.45. The summed E-state index contributed by atoms with van der Waals surface area (Å²) in [6.07, 6.45) is 11.4. The number of piperidine rings is 1. The summed E-state index contributed by atoms with van der Waals surface area (Å²) in [6.45, 7) is 3.01. The molecule has 3 heterocycles. The number of imidazole rings is 1. The average Bonchev–Trinajstić information content (AvgIpc) is 3.11. The monoisotopic (exact) mass is 342 g/mol. The van der Waals surface area contributed by atoms with E-state index < -0.39 is 0 Å². The fraction of sp³-hybridized carbons (Fsp3) is 0.611. The number of aryl methyl sites for hydroxylation is 1. The van der Waals surface area contributed by atoms with Crippen LogP contribution in [0, 0.1) is 5.92 Å². The van der Waals surface area contributed by atoms with E-state index >= 15 is 0 Å². The van der Waals surface area contributed by atoms with Crippen LogP contribution in [0.15, 0.2) is 24.8 Å². The number of aromatic nitrogens is 4.